The van der Waals surface area contributed by atoms with Crippen LogP contribution in [0.25, 0.3) is 0 Å². The second-order valence-corrected chi connectivity index (χ2v) is 2.75. The SMILES string of the molecule is CCN(/C=C\N)C(=S)n1ccnc1. The van der Waals surface area contributed by atoms with Gasteiger partial charge in [0.2, 0.25) is 0 Å². The van der Waals surface area contributed by atoms with Gasteiger partial charge >= 0.3 is 0 Å². The van der Waals surface area contributed by atoms with Crippen molar-refractivity contribution in [2.75, 3.05) is 6.54 Å². The van der Waals surface area contributed by atoms with E-state index in [4.69, 9.17) is 18.0 Å². The third-order valence-corrected chi connectivity index (χ3v) is 2.02. The predicted molar refractivity (Wildman–Crippen MR) is 55.9 cm³/mol. The normalized spacial score (nSPS) is 10.5. The Hall–Kier alpha value is -1.36. The molecule has 0 saturated carbocycles. The first kappa shape index (κ1) is 9.73. The summed E-state index contributed by atoms with van der Waals surface area (Å²) >= 11 is 5.20. The number of thiocarbonyl (C=S) groups is 1. The van der Waals surface area contributed by atoms with Gasteiger partial charge in [-0.05, 0) is 19.1 Å². The fourth-order valence-electron chi connectivity index (χ4n) is 0.929. The quantitative estimate of drug-likeness (QED) is 0.710. The smallest absolute Gasteiger partial charge is 0.185 e. The van der Waals surface area contributed by atoms with E-state index in [9.17, 15) is 0 Å². The summed E-state index contributed by atoms with van der Waals surface area (Å²) in [6.45, 7) is 2.79. The van der Waals surface area contributed by atoms with Gasteiger partial charge in [-0.3, -0.25) is 4.57 Å². The molecule has 0 amide bonds. The van der Waals surface area contributed by atoms with E-state index in [-0.39, 0.29) is 0 Å². The third kappa shape index (κ3) is 2.29. The average Bonchev–Trinajstić information content (AvgIpc) is 2.65. The van der Waals surface area contributed by atoms with E-state index in [1.165, 1.54) is 6.20 Å². The summed E-state index contributed by atoms with van der Waals surface area (Å²) in [7, 11) is 0. The van der Waals surface area contributed by atoms with Gasteiger partial charge in [-0.15, -0.1) is 0 Å². The summed E-state index contributed by atoms with van der Waals surface area (Å²) in [5.74, 6) is 0. The van der Waals surface area contributed by atoms with Crippen molar-refractivity contribution >= 4 is 17.3 Å². The van der Waals surface area contributed by atoms with Gasteiger partial charge in [0.25, 0.3) is 0 Å². The molecule has 5 heteroatoms. The minimum atomic E-state index is 0.668. The van der Waals surface area contributed by atoms with Crippen LogP contribution < -0.4 is 5.73 Å². The molecule has 70 valence electrons. The molecule has 1 aromatic heterocycles. The van der Waals surface area contributed by atoms with Crippen LogP contribution in [0.5, 0.6) is 0 Å². The molecule has 0 bridgehead atoms. The van der Waals surface area contributed by atoms with Gasteiger partial charge in [0.15, 0.2) is 5.11 Å². The lowest BCUT2D eigenvalue weighted by molar-refractivity contribution is 0.578. The van der Waals surface area contributed by atoms with Crippen LogP contribution in [0.15, 0.2) is 31.1 Å². The van der Waals surface area contributed by atoms with Crippen LogP contribution in [-0.4, -0.2) is 26.1 Å². The number of hydrogen-bond donors (Lipinski definition) is 1. The first-order valence-electron chi connectivity index (χ1n) is 3.97. The summed E-state index contributed by atoms with van der Waals surface area (Å²) in [6, 6.07) is 0. The average molecular weight is 196 g/mol. The van der Waals surface area contributed by atoms with E-state index in [1.54, 1.807) is 29.5 Å². The van der Waals surface area contributed by atoms with E-state index >= 15 is 0 Å². The van der Waals surface area contributed by atoms with Gasteiger partial charge in [-0.2, -0.15) is 0 Å². The molecule has 2 N–H and O–H groups in total. The van der Waals surface area contributed by atoms with E-state index in [1.807, 2.05) is 11.8 Å². The van der Waals surface area contributed by atoms with Gasteiger partial charge in [0.1, 0.15) is 6.33 Å². The second-order valence-electron chi connectivity index (χ2n) is 2.38. The molecular weight excluding hydrogens is 184 g/mol. The summed E-state index contributed by atoms with van der Waals surface area (Å²) in [6.07, 6.45) is 8.35. The maximum absolute atomic E-state index is 5.29. The minimum absolute atomic E-state index is 0.668. The number of nitrogens with two attached hydrogens (primary N) is 1. The van der Waals surface area contributed by atoms with Crippen molar-refractivity contribution in [3.05, 3.63) is 31.1 Å². The lowest BCUT2D eigenvalue weighted by Gasteiger charge is -2.18. The Bertz CT molecular complexity index is 291. The van der Waals surface area contributed by atoms with E-state index in [2.05, 4.69) is 4.98 Å². The highest BCUT2D eigenvalue weighted by Crippen LogP contribution is 1.97. The zero-order chi connectivity index (χ0) is 9.68. The predicted octanol–water partition coefficient (Wildman–Crippen LogP) is 0.768. The van der Waals surface area contributed by atoms with Crippen LogP contribution in [0.4, 0.5) is 0 Å². The monoisotopic (exact) mass is 196 g/mol. The Morgan fingerprint density at radius 2 is 2.54 bits per heavy atom. The van der Waals surface area contributed by atoms with E-state index in [0.717, 1.165) is 6.54 Å². The van der Waals surface area contributed by atoms with Crippen LogP contribution in [0.3, 0.4) is 0 Å². The fraction of sp³-hybridized carbons (Fsp3) is 0.250. The lowest BCUT2D eigenvalue weighted by Crippen LogP contribution is -2.29. The number of rotatable bonds is 2. The van der Waals surface area contributed by atoms with Gasteiger partial charge in [-0.25, -0.2) is 4.98 Å². The zero-order valence-corrected chi connectivity index (χ0v) is 8.24. The van der Waals surface area contributed by atoms with Crippen molar-refractivity contribution in [1.29, 1.82) is 0 Å². The highest BCUT2D eigenvalue weighted by Gasteiger charge is 2.04. The first-order valence-corrected chi connectivity index (χ1v) is 4.37. The number of aromatic nitrogens is 2. The molecular formula is C8H12N4S. The summed E-state index contributed by atoms with van der Waals surface area (Å²) in [5.41, 5.74) is 5.29. The fourth-order valence-corrected chi connectivity index (χ4v) is 1.23. The van der Waals surface area contributed by atoms with Crippen molar-refractivity contribution in [3.8, 4) is 0 Å². The first-order chi connectivity index (χ1) is 6.29. The van der Waals surface area contributed by atoms with E-state index in [0.29, 0.717) is 5.11 Å². The van der Waals surface area contributed by atoms with Crippen LogP contribution in [0, 0.1) is 0 Å². The molecule has 1 aromatic rings. The number of imidazole rings is 1. The van der Waals surface area contributed by atoms with Gasteiger partial charge < -0.3 is 10.6 Å². The molecule has 0 aliphatic heterocycles. The standard InChI is InChI=1S/C8H12N4S/c1-2-11(5-3-9)8(13)12-6-4-10-7-12/h3-7H,2,9H2,1H3/b5-3-. The summed E-state index contributed by atoms with van der Waals surface area (Å²) in [5, 5.41) is 0.668. The molecule has 0 aliphatic rings. The van der Waals surface area contributed by atoms with Gasteiger partial charge in [-0.1, -0.05) is 0 Å². The van der Waals surface area contributed by atoms with Gasteiger partial charge in [0, 0.05) is 31.3 Å². The summed E-state index contributed by atoms with van der Waals surface area (Å²) < 4.78 is 1.76. The van der Waals surface area contributed by atoms with Crippen LogP contribution in [-0.2, 0) is 0 Å². The zero-order valence-electron chi connectivity index (χ0n) is 7.42. The lowest BCUT2D eigenvalue weighted by atomic mass is 10.6. The van der Waals surface area contributed by atoms with Crippen molar-refractivity contribution in [2.24, 2.45) is 5.73 Å². The molecule has 1 rings (SSSR count). The summed E-state index contributed by atoms with van der Waals surface area (Å²) in [4.78, 5) is 5.77. The van der Waals surface area contributed by atoms with E-state index < -0.39 is 0 Å². The van der Waals surface area contributed by atoms with Gasteiger partial charge in [0.05, 0.1) is 0 Å². The van der Waals surface area contributed by atoms with Crippen molar-refractivity contribution < 1.29 is 0 Å². The molecule has 0 radical (unpaired) electrons. The minimum Gasteiger partial charge on any atom is -0.403 e. The van der Waals surface area contributed by atoms with Crippen molar-refractivity contribution in [2.45, 2.75) is 6.92 Å². The third-order valence-electron chi connectivity index (χ3n) is 1.58. The van der Waals surface area contributed by atoms with Crippen LogP contribution in [0.2, 0.25) is 0 Å². The van der Waals surface area contributed by atoms with Crippen molar-refractivity contribution in [3.63, 3.8) is 0 Å². The Kier molecular flexibility index (Phi) is 3.45. The maximum atomic E-state index is 5.29. The Labute approximate surface area is 82.7 Å². The molecule has 0 spiro atoms. The Morgan fingerprint density at radius 3 is 3.00 bits per heavy atom. The molecule has 0 unspecified atom stereocenters. The highest BCUT2D eigenvalue weighted by atomic mass is 32.1. The highest BCUT2D eigenvalue weighted by molar-refractivity contribution is 7.80. The molecule has 0 aliphatic carbocycles. The Morgan fingerprint density at radius 1 is 1.77 bits per heavy atom. The molecule has 0 saturated heterocycles. The van der Waals surface area contributed by atoms with Crippen LogP contribution >= 0.6 is 12.2 Å². The molecule has 0 atom stereocenters. The Balaban J connectivity index is 2.76. The molecule has 0 fully saturated rings. The molecule has 1 heterocycles. The maximum Gasteiger partial charge on any atom is 0.185 e. The van der Waals surface area contributed by atoms with Crippen LogP contribution in [0.1, 0.15) is 6.92 Å². The molecule has 13 heavy (non-hydrogen) atoms. The second kappa shape index (κ2) is 4.61. The number of hydrogen-bond acceptors (Lipinski definition) is 3. The van der Waals surface area contributed by atoms with Crippen molar-refractivity contribution in [1.82, 2.24) is 14.5 Å². The molecule has 0 aromatic carbocycles. The number of nitrogens with zero attached hydrogens (tertiary/aromatic N) is 3. The topological polar surface area (TPSA) is 47.1 Å². The largest absolute Gasteiger partial charge is 0.403 e. The molecule has 4 nitrogen and oxygen atoms in total.